The Hall–Kier alpha value is -3.85. The fraction of sp³-hybridized carbons (Fsp3) is 0.297. The Balaban J connectivity index is 1.57. The summed E-state index contributed by atoms with van der Waals surface area (Å²) >= 11 is 12.9. The molecule has 0 aromatic heterocycles. The Labute approximate surface area is 287 Å². The lowest BCUT2D eigenvalue weighted by Crippen LogP contribution is -2.55. The van der Waals surface area contributed by atoms with E-state index < -0.39 is 28.5 Å². The minimum Gasteiger partial charge on any atom is -0.352 e. The summed E-state index contributed by atoms with van der Waals surface area (Å²) in [5.74, 6) is -0.831. The van der Waals surface area contributed by atoms with Crippen molar-refractivity contribution in [2.45, 2.75) is 69.0 Å². The van der Waals surface area contributed by atoms with Crippen LogP contribution in [-0.2, 0) is 32.6 Å². The molecule has 0 unspecified atom stereocenters. The highest BCUT2D eigenvalue weighted by Crippen LogP contribution is 2.31. The van der Waals surface area contributed by atoms with Crippen molar-refractivity contribution < 1.29 is 18.0 Å². The zero-order chi connectivity index (χ0) is 33.4. The third-order valence-corrected chi connectivity index (χ3v) is 10.8. The minimum atomic E-state index is -4.25. The number of para-hydroxylation sites is 1. The number of nitrogens with one attached hydrogen (secondary N) is 1. The topological polar surface area (TPSA) is 86.8 Å². The molecule has 1 aliphatic rings. The highest BCUT2D eigenvalue weighted by molar-refractivity contribution is 7.92. The molecular weight excluding hydrogens is 653 g/mol. The van der Waals surface area contributed by atoms with Crippen LogP contribution in [0.1, 0.15) is 48.8 Å². The molecule has 5 rings (SSSR count). The molecular formula is C37H39Cl2N3O4S. The van der Waals surface area contributed by atoms with E-state index in [2.05, 4.69) is 5.32 Å². The third kappa shape index (κ3) is 8.95. The molecule has 0 spiro atoms. The number of benzene rings is 4. The van der Waals surface area contributed by atoms with Crippen molar-refractivity contribution in [2.75, 3.05) is 10.8 Å². The summed E-state index contributed by atoms with van der Waals surface area (Å²) in [7, 11) is -4.25. The molecule has 1 aliphatic carbocycles. The van der Waals surface area contributed by atoms with E-state index >= 15 is 0 Å². The van der Waals surface area contributed by atoms with Crippen LogP contribution in [0.3, 0.4) is 0 Å². The van der Waals surface area contributed by atoms with Crippen molar-refractivity contribution in [2.24, 2.45) is 0 Å². The Morgan fingerprint density at radius 2 is 1.49 bits per heavy atom. The fourth-order valence-electron chi connectivity index (χ4n) is 5.94. The first kappa shape index (κ1) is 34.5. The largest absolute Gasteiger partial charge is 0.352 e. The van der Waals surface area contributed by atoms with E-state index in [1.54, 1.807) is 54.6 Å². The first-order valence-corrected chi connectivity index (χ1v) is 18.0. The average molecular weight is 693 g/mol. The molecule has 4 aromatic rings. The van der Waals surface area contributed by atoms with E-state index in [1.165, 1.54) is 17.0 Å². The lowest BCUT2D eigenvalue weighted by molar-refractivity contribution is -0.140. The van der Waals surface area contributed by atoms with Crippen LogP contribution < -0.4 is 9.62 Å². The quantitative estimate of drug-likeness (QED) is 0.166. The number of aryl methyl sites for hydroxylation is 1. The smallest absolute Gasteiger partial charge is 0.264 e. The molecule has 7 nitrogen and oxygen atoms in total. The van der Waals surface area contributed by atoms with Crippen molar-refractivity contribution in [3.8, 4) is 0 Å². The van der Waals surface area contributed by atoms with Crippen LogP contribution >= 0.6 is 23.2 Å². The van der Waals surface area contributed by atoms with Gasteiger partial charge < -0.3 is 10.2 Å². The Morgan fingerprint density at radius 1 is 0.830 bits per heavy atom. The number of anilines is 1. The standard InChI is InChI=1S/C37H39Cl2N3O4S/c1-27-19-21-32(22-20-27)47(45,46)42(34-18-9-8-17-33(34)39)26-36(43)41(25-29-13-10-14-30(38)23-29)35(24-28-11-4-2-5-12-28)37(44)40-31-15-6-3-7-16-31/h2,4-5,8-14,17-23,31,35H,3,6-7,15-16,24-26H2,1H3,(H,40,44)/t35-/m0/s1. The monoisotopic (exact) mass is 691 g/mol. The predicted molar refractivity (Wildman–Crippen MR) is 188 cm³/mol. The van der Waals surface area contributed by atoms with Gasteiger partial charge in [-0.3, -0.25) is 13.9 Å². The fourth-order valence-corrected chi connectivity index (χ4v) is 7.87. The first-order chi connectivity index (χ1) is 22.6. The van der Waals surface area contributed by atoms with Crippen LogP contribution in [0.4, 0.5) is 5.69 Å². The summed E-state index contributed by atoms with van der Waals surface area (Å²) < 4.78 is 29.5. The number of nitrogens with zero attached hydrogens (tertiary/aromatic N) is 2. The number of carbonyl (C=O) groups is 2. The molecule has 1 atom stereocenters. The van der Waals surface area contributed by atoms with Gasteiger partial charge >= 0.3 is 0 Å². The number of halogens is 2. The molecule has 0 heterocycles. The second kappa shape index (κ2) is 15.8. The molecule has 0 radical (unpaired) electrons. The number of carbonyl (C=O) groups excluding carboxylic acids is 2. The minimum absolute atomic E-state index is 0.0131. The Morgan fingerprint density at radius 3 is 2.17 bits per heavy atom. The van der Waals surface area contributed by atoms with Crippen molar-refractivity contribution in [3.05, 3.63) is 130 Å². The van der Waals surface area contributed by atoms with Gasteiger partial charge in [-0.15, -0.1) is 0 Å². The van der Waals surface area contributed by atoms with E-state index in [0.29, 0.717) is 10.6 Å². The highest BCUT2D eigenvalue weighted by Gasteiger charge is 2.36. The molecule has 1 saturated carbocycles. The Kier molecular flexibility index (Phi) is 11.6. The van der Waals surface area contributed by atoms with Crippen molar-refractivity contribution in [3.63, 3.8) is 0 Å². The Bertz CT molecular complexity index is 1780. The normalized spacial score (nSPS) is 14.3. The van der Waals surface area contributed by atoms with Crippen LogP contribution in [0, 0.1) is 6.92 Å². The molecule has 4 aromatic carbocycles. The van der Waals surface area contributed by atoms with Crippen LogP contribution in [0.15, 0.2) is 108 Å². The van der Waals surface area contributed by atoms with E-state index in [0.717, 1.165) is 47.5 Å². The molecule has 10 heteroatoms. The lowest BCUT2D eigenvalue weighted by atomic mass is 9.94. The van der Waals surface area contributed by atoms with Crippen molar-refractivity contribution in [1.29, 1.82) is 0 Å². The predicted octanol–water partition coefficient (Wildman–Crippen LogP) is 7.59. The van der Waals surface area contributed by atoms with Crippen LogP contribution in [-0.4, -0.2) is 43.8 Å². The lowest BCUT2D eigenvalue weighted by Gasteiger charge is -2.35. The van der Waals surface area contributed by atoms with Gasteiger partial charge in [-0.1, -0.05) is 115 Å². The number of hydrogen-bond donors (Lipinski definition) is 1. The van der Waals surface area contributed by atoms with E-state index in [1.807, 2.05) is 43.3 Å². The maximum Gasteiger partial charge on any atom is 0.264 e. The number of amides is 2. The first-order valence-electron chi connectivity index (χ1n) is 15.8. The van der Waals surface area contributed by atoms with Crippen molar-refractivity contribution in [1.82, 2.24) is 10.2 Å². The van der Waals surface area contributed by atoms with Gasteiger partial charge in [0.25, 0.3) is 10.0 Å². The van der Waals surface area contributed by atoms with E-state index in [4.69, 9.17) is 23.2 Å². The molecule has 246 valence electrons. The van der Waals surface area contributed by atoms with Gasteiger partial charge in [0, 0.05) is 24.0 Å². The van der Waals surface area contributed by atoms with Crippen molar-refractivity contribution >= 4 is 50.7 Å². The summed E-state index contributed by atoms with van der Waals surface area (Å²) in [6, 6.07) is 28.6. The van der Waals surface area contributed by atoms with E-state index in [9.17, 15) is 18.0 Å². The SMILES string of the molecule is Cc1ccc(S(=O)(=O)N(CC(=O)N(Cc2cccc(Cl)c2)[C@@H](Cc2ccccc2)C(=O)NC2CCCCC2)c2ccccc2Cl)cc1. The van der Waals surface area contributed by atoms with Gasteiger partial charge in [0.1, 0.15) is 12.6 Å². The summed E-state index contributed by atoms with van der Waals surface area (Å²) in [6.45, 7) is 1.32. The molecule has 1 fully saturated rings. The second-order valence-corrected chi connectivity index (χ2v) is 14.7. The molecule has 2 amide bonds. The van der Waals surface area contributed by atoms with Gasteiger partial charge in [0.05, 0.1) is 15.6 Å². The molecule has 47 heavy (non-hydrogen) atoms. The zero-order valence-corrected chi connectivity index (χ0v) is 28.6. The number of rotatable bonds is 12. The number of hydrogen-bond acceptors (Lipinski definition) is 4. The molecule has 1 N–H and O–H groups in total. The van der Waals surface area contributed by atoms with Crippen LogP contribution in [0.25, 0.3) is 0 Å². The maximum atomic E-state index is 14.7. The molecule has 0 saturated heterocycles. The molecule has 0 aliphatic heterocycles. The van der Waals surface area contributed by atoms with Gasteiger partial charge in [0.15, 0.2) is 0 Å². The summed E-state index contributed by atoms with van der Waals surface area (Å²) in [4.78, 5) is 30.3. The van der Waals surface area contributed by atoms with Crippen LogP contribution in [0.2, 0.25) is 10.0 Å². The summed E-state index contributed by atoms with van der Waals surface area (Å²) in [6.07, 6.45) is 5.18. The molecule has 0 bridgehead atoms. The summed E-state index contributed by atoms with van der Waals surface area (Å²) in [5, 5.41) is 3.88. The summed E-state index contributed by atoms with van der Waals surface area (Å²) in [5.41, 5.74) is 2.64. The van der Waals surface area contributed by atoms with Gasteiger partial charge in [-0.2, -0.15) is 0 Å². The second-order valence-electron chi connectivity index (χ2n) is 12.0. The average Bonchev–Trinajstić information content (AvgIpc) is 3.06. The van der Waals surface area contributed by atoms with Gasteiger partial charge in [-0.05, 0) is 67.3 Å². The van der Waals surface area contributed by atoms with E-state index in [-0.39, 0.29) is 40.5 Å². The highest BCUT2D eigenvalue weighted by atomic mass is 35.5. The van der Waals surface area contributed by atoms with Crippen LogP contribution in [0.5, 0.6) is 0 Å². The zero-order valence-electron chi connectivity index (χ0n) is 26.3. The third-order valence-electron chi connectivity index (χ3n) is 8.47. The van der Waals surface area contributed by atoms with Gasteiger partial charge in [0.2, 0.25) is 11.8 Å². The maximum absolute atomic E-state index is 14.7. The van der Waals surface area contributed by atoms with Gasteiger partial charge in [-0.25, -0.2) is 8.42 Å². The number of sulfonamides is 1.